The van der Waals surface area contributed by atoms with Crippen molar-refractivity contribution < 1.29 is 5.11 Å². The summed E-state index contributed by atoms with van der Waals surface area (Å²) in [6.45, 7) is 2.15. The van der Waals surface area contributed by atoms with Gasteiger partial charge in [0.05, 0.1) is 12.3 Å². The van der Waals surface area contributed by atoms with Crippen molar-refractivity contribution in [2.45, 2.75) is 25.9 Å². The van der Waals surface area contributed by atoms with Crippen LogP contribution >= 0.6 is 11.6 Å². The van der Waals surface area contributed by atoms with Gasteiger partial charge in [-0.1, -0.05) is 36.7 Å². The topological polar surface area (TPSA) is 33.1 Å². The van der Waals surface area contributed by atoms with Crippen LogP contribution in [0.1, 0.15) is 29.7 Å². The smallest absolute Gasteiger partial charge is 0.0855 e. The quantitative estimate of drug-likeness (QED) is 0.913. The Kier molecular flexibility index (Phi) is 4.34. The minimum atomic E-state index is -0.0104. The van der Waals surface area contributed by atoms with Gasteiger partial charge in [0.1, 0.15) is 0 Å². The SMILES string of the molecule is CC(Cc1cccnc1CO)c1ccc(Cl)cc1. The van der Waals surface area contributed by atoms with Crippen molar-refractivity contribution in [3.05, 3.63) is 64.4 Å². The number of hydrogen-bond acceptors (Lipinski definition) is 2. The zero-order valence-electron chi connectivity index (χ0n) is 10.3. The Bertz CT molecular complexity index is 510. The molecule has 1 N–H and O–H groups in total. The second-order valence-electron chi connectivity index (χ2n) is 4.42. The summed E-state index contributed by atoms with van der Waals surface area (Å²) in [5.74, 6) is 0.372. The molecule has 0 radical (unpaired) electrons. The summed E-state index contributed by atoms with van der Waals surface area (Å²) in [5.41, 5.74) is 3.10. The first kappa shape index (κ1) is 13.1. The number of aromatic nitrogens is 1. The van der Waals surface area contributed by atoms with Crippen LogP contribution in [0.25, 0.3) is 0 Å². The van der Waals surface area contributed by atoms with Crippen molar-refractivity contribution in [1.29, 1.82) is 0 Å². The van der Waals surface area contributed by atoms with E-state index in [1.807, 2.05) is 36.4 Å². The van der Waals surface area contributed by atoms with Crippen LogP contribution in [-0.2, 0) is 13.0 Å². The van der Waals surface area contributed by atoms with Gasteiger partial charge in [-0.05, 0) is 41.7 Å². The molecule has 2 nitrogen and oxygen atoms in total. The van der Waals surface area contributed by atoms with Gasteiger partial charge in [-0.25, -0.2) is 0 Å². The van der Waals surface area contributed by atoms with Crippen LogP contribution < -0.4 is 0 Å². The second-order valence-corrected chi connectivity index (χ2v) is 4.86. The molecule has 1 heterocycles. The Labute approximate surface area is 112 Å². The van der Waals surface area contributed by atoms with Gasteiger partial charge in [0, 0.05) is 11.2 Å². The van der Waals surface area contributed by atoms with Gasteiger partial charge in [-0.3, -0.25) is 4.98 Å². The fourth-order valence-electron chi connectivity index (χ4n) is 2.04. The molecule has 3 heteroatoms. The fourth-order valence-corrected chi connectivity index (χ4v) is 2.16. The molecule has 94 valence electrons. The zero-order valence-corrected chi connectivity index (χ0v) is 11.1. The van der Waals surface area contributed by atoms with Crippen molar-refractivity contribution in [3.63, 3.8) is 0 Å². The molecule has 1 aromatic heterocycles. The number of rotatable bonds is 4. The highest BCUT2D eigenvalue weighted by molar-refractivity contribution is 6.30. The van der Waals surface area contributed by atoms with Gasteiger partial charge in [-0.15, -0.1) is 0 Å². The lowest BCUT2D eigenvalue weighted by molar-refractivity contribution is 0.275. The zero-order chi connectivity index (χ0) is 13.0. The minimum absolute atomic E-state index is 0.0104. The largest absolute Gasteiger partial charge is 0.390 e. The molecule has 0 saturated carbocycles. The van der Waals surface area contributed by atoms with Crippen LogP contribution in [0.2, 0.25) is 5.02 Å². The van der Waals surface area contributed by atoms with Crippen LogP contribution in [0.4, 0.5) is 0 Å². The van der Waals surface area contributed by atoms with Gasteiger partial charge in [0.2, 0.25) is 0 Å². The summed E-state index contributed by atoms with van der Waals surface area (Å²) < 4.78 is 0. The van der Waals surface area contributed by atoms with E-state index in [1.54, 1.807) is 6.20 Å². The normalized spacial score (nSPS) is 12.4. The minimum Gasteiger partial charge on any atom is -0.390 e. The number of hydrogen-bond donors (Lipinski definition) is 1. The lowest BCUT2D eigenvalue weighted by atomic mass is 9.93. The van der Waals surface area contributed by atoms with E-state index in [0.29, 0.717) is 5.92 Å². The molecule has 0 amide bonds. The first-order valence-electron chi connectivity index (χ1n) is 6.00. The second kappa shape index (κ2) is 5.98. The number of aliphatic hydroxyl groups is 1. The van der Waals surface area contributed by atoms with E-state index in [1.165, 1.54) is 5.56 Å². The van der Waals surface area contributed by atoms with Crippen molar-refractivity contribution in [1.82, 2.24) is 4.98 Å². The molecule has 2 rings (SSSR count). The van der Waals surface area contributed by atoms with E-state index in [4.69, 9.17) is 11.6 Å². The van der Waals surface area contributed by atoms with Gasteiger partial charge in [-0.2, -0.15) is 0 Å². The van der Waals surface area contributed by atoms with Crippen molar-refractivity contribution in [2.75, 3.05) is 0 Å². The Hall–Kier alpha value is -1.38. The van der Waals surface area contributed by atoms with Gasteiger partial charge < -0.3 is 5.11 Å². The average Bonchev–Trinajstić information content (AvgIpc) is 2.40. The highest BCUT2D eigenvalue weighted by Crippen LogP contribution is 2.23. The predicted molar refractivity (Wildman–Crippen MR) is 73.7 cm³/mol. The Morgan fingerprint density at radius 3 is 2.61 bits per heavy atom. The molecular weight excluding hydrogens is 246 g/mol. The summed E-state index contributed by atoms with van der Waals surface area (Å²) in [4.78, 5) is 4.19. The van der Waals surface area contributed by atoms with E-state index >= 15 is 0 Å². The predicted octanol–water partition coefficient (Wildman–Crippen LogP) is 3.57. The average molecular weight is 262 g/mol. The van der Waals surface area contributed by atoms with Crippen molar-refractivity contribution in [2.24, 2.45) is 0 Å². The first-order valence-corrected chi connectivity index (χ1v) is 6.37. The van der Waals surface area contributed by atoms with Crippen molar-refractivity contribution >= 4 is 11.6 Å². The molecule has 2 aromatic rings. The number of nitrogens with zero attached hydrogens (tertiary/aromatic N) is 1. The molecule has 0 bridgehead atoms. The molecule has 0 aliphatic carbocycles. The van der Waals surface area contributed by atoms with Crippen LogP contribution in [0.15, 0.2) is 42.6 Å². The van der Waals surface area contributed by atoms with Crippen LogP contribution in [-0.4, -0.2) is 10.1 Å². The van der Waals surface area contributed by atoms with Crippen LogP contribution in [0.5, 0.6) is 0 Å². The highest BCUT2D eigenvalue weighted by Gasteiger charge is 2.10. The van der Waals surface area contributed by atoms with E-state index in [-0.39, 0.29) is 6.61 Å². The third-order valence-electron chi connectivity index (χ3n) is 3.10. The molecule has 1 aromatic carbocycles. The maximum atomic E-state index is 9.26. The molecular formula is C15H16ClNO. The van der Waals surface area contributed by atoms with Crippen LogP contribution in [0, 0.1) is 0 Å². The molecule has 1 unspecified atom stereocenters. The van der Waals surface area contributed by atoms with Crippen LogP contribution in [0.3, 0.4) is 0 Å². The van der Waals surface area contributed by atoms with Gasteiger partial charge in [0.15, 0.2) is 0 Å². The maximum Gasteiger partial charge on any atom is 0.0855 e. The van der Waals surface area contributed by atoms with E-state index < -0.39 is 0 Å². The Morgan fingerprint density at radius 2 is 1.94 bits per heavy atom. The van der Waals surface area contributed by atoms with E-state index in [9.17, 15) is 5.11 Å². The summed E-state index contributed by atoms with van der Waals surface area (Å²) in [7, 11) is 0. The number of pyridine rings is 1. The maximum absolute atomic E-state index is 9.26. The van der Waals surface area contributed by atoms with Crippen molar-refractivity contribution in [3.8, 4) is 0 Å². The lowest BCUT2D eigenvalue weighted by Crippen LogP contribution is -2.03. The third-order valence-corrected chi connectivity index (χ3v) is 3.35. The van der Waals surface area contributed by atoms with E-state index in [0.717, 1.165) is 22.7 Å². The third kappa shape index (κ3) is 3.09. The molecule has 0 aliphatic rings. The summed E-state index contributed by atoms with van der Waals surface area (Å²) in [6, 6.07) is 11.8. The molecule has 1 atom stereocenters. The summed E-state index contributed by atoms with van der Waals surface area (Å²) in [6.07, 6.45) is 2.58. The standard InChI is InChI=1S/C15H16ClNO/c1-11(12-4-6-14(16)7-5-12)9-13-3-2-8-17-15(13)10-18/h2-8,11,18H,9-10H2,1H3. The summed E-state index contributed by atoms with van der Waals surface area (Å²) >= 11 is 5.88. The van der Waals surface area contributed by atoms with E-state index in [2.05, 4.69) is 11.9 Å². The number of halogens is 1. The Balaban J connectivity index is 2.15. The first-order chi connectivity index (χ1) is 8.70. The van der Waals surface area contributed by atoms with Gasteiger partial charge >= 0.3 is 0 Å². The molecule has 0 aliphatic heterocycles. The molecule has 0 saturated heterocycles. The monoisotopic (exact) mass is 261 g/mol. The molecule has 0 fully saturated rings. The van der Waals surface area contributed by atoms with Gasteiger partial charge in [0.25, 0.3) is 0 Å². The summed E-state index contributed by atoms with van der Waals surface area (Å²) in [5, 5.41) is 10.0. The highest BCUT2D eigenvalue weighted by atomic mass is 35.5. The lowest BCUT2D eigenvalue weighted by Gasteiger charge is -2.13. The molecule has 0 spiro atoms. The number of benzene rings is 1. The Morgan fingerprint density at radius 1 is 1.22 bits per heavy atom. The number of aliphatic hydroxyl groups excluding tert-OH is 1. The molecule has 18 heavy (non-hydrogen) atoms. The fraction of sp³-hybridized carbons (Fsp3) is 0.267.